The molecule has 1 aromatic carbocycles. The fourth-order valence-electron chi connectivity index (χ4n) is 4.77. The maximum Gasteiger partial charge on any atom is 0.248 e. The molecular formula is C20H26N2O2. The molecule has 2 N–H and O–H groups in total. The van der Waals surface area contributed by atoms with E-state index < -0.39 is 0 Å². The molecule has 128 valence electrons. The Balaban J connectivity index is 1.96. The Labute approximate surface area is 144 Å². The van der Waals surface area contributed by atoms with Crippen molar-refractivity contribution in [3.8, 4) is 12.3 Å². The molecule has 4 nitrogen and oxygen atoms in total. The molecule has 3 rings (SSSR count). The lowest BCUT2D eigenvalue weighted by Crippen LogP contribution is -2.59. The van der Waals surface area contributed by atoms with Crippen LogP contribution in [-0.4, -0.2) is 37.6 Å². The smallest absolute Gasteiger partial charge is 0.248 e. The van der Waals surface area contributed by atoms with Crippen molar-refractivity contribution in [3.05, 3.63) is 35.4 Å². The third-order valence-electron chi connectivity index (χ3n) is 5.78. The summed E-state index contributed by atoms with van der Waals surface area (Å²) in [6, 6.07) is 7.69. The predicted octanol–water partition coefficient (Wildman–Crippen LogP) is 2.38. The minimum absolute atomic E-state index is 0.323. The Morgan fingerprint density at radius 3 is 2.71 bits per heavy atom. The molecule has 0 radical (unpaired) electrons. The zero-order valence-electron chi connectivity index (χ0n) is 14.3. The molecule has 1 aromatic rings. The van der Waals surface area contributed by atoms with Gasteiger partial charge in [0.25, 0.3) is 0 Å². The number of piperidine rings is 1. The van der Waals surface area contributed by atoms with E-state index in [9.17, 15) is 4.79 Å². The fourth-order valence-corrected chi connectivity index (χ4v) is 4.77. The molecule has 1 saturated carbocycles. The number of fused-ring (bicyclic) bond motifs is 2. The van der Waals surface area contributed by atoms with Gasteiger partial charge < -0.3 is 15.4 Å². The number of amides is 1. The van der Waals surface area contributed by atoms with Gasteiger partial charge in [0.15, 0.2) is 0 Å². The second-order valence-corrected chi connectivity index (χ2v) is 6.98. The molecule has 2 bridgehead atoms. The second-order valence-electron chi connectivity index (χ2n) is 6.98. The van der Waals surface area contributed by atoms with Gasteiger partial charge in [0, 0.05) is 50.6 Å². The minimum Gasteiger partial charge on any atom is -0.373 e. The normalized spacial score (nSPS) is 29.8. The molecule has 2 fully saturated rings. The van der Waals surface area contributed by atoms with Crippen LogP contribution >= 0.6 is 0 Å². The van der Waals surface area contributed by atoms with Gasteiger partial charge >= 0.3 is 0 Å². The van der Waals surface area contributed by atoms with Crippen molar-refractivity contribution >= 4 is 5.91 Å². The molecule has 0 spiro atoms. The number of benzene rings is 1. The van der Waals surface area contributed by atoms with Crippen molar-refractivity contribution in [1.82, 2.24) is 4.90 Å². The zero-order valence-corrected chi connectivity index (χ0v) is 14.3. The lowest BCUT2D eigenvalue weighted by atomic mass is 9.62. The summed E-state index contributed by atoms with van der Waals surface area (Å²) in [6.07, 6.45) is 9.73. The van der Waals surface area contributed by atoms with Crippen molar-refractivity contribution < 1.29 is 9.53 Å². The zero-order chi connectivity index (χ0) is 17.2. The van der Waals surface area contributed by atoms with E-state index in [0.717, 1.165) is 44.5 Å². The number of hydrogen-bond acceptors (Lipinski definition) is 3. The average Bonchev–Trinajstić information content (AvgIpc) is 2.59. The van der Waals surface area contributed by atoms with Crippen LogP contribution in [0.15, 0.2) is 24.3 Å². The van der Waals surface area contributed by atoms with Crippen LogP contribution in [0.2, 0.25) is 0 Å². The first-order valence-electron chi connectivity index (χ1n) is 8.73. The summed E-state index contributed by atoms with van der Waals surface area (Å²) >= 11 is 0. The summed E-state index contributed by atoms with van der Waals surface area (Å²) < 4.78 is 6.20. The van der Waals surface area contributed by atoms with Crippen molar-refractivity contribution in [1.29, 1.82) is 0 Å². The highest BCUT2D eigenvalue weighted by Gasteiger charge is 2.53. The van der Waals surface area contributed by atoms with E-state index >= 15 is 0 Å². The van der Waals surface area contributed by atoms with Crippen molar-refractivity contribution in [2.24, 2.45) is 17.6 Å². The van der Waals surface area contributed by atoms with Crippen LogP contribution in [0.1, 0.15) is 41.6 Å². The third-order valence-corrected chi connectivity index (χ3v) is 5.78. The summed E-state index contributed by atoms with van der Waals surface area (Å²) in [7, 11) is 1.80. The molecular weight excluding hydrogens is 300 g/mol. The molecule has 3 atom stereocenters. The molecule has 24 heavy (non-hydrogen) atoms. The first-order valence-corrected chi connectivity index (χ1v) is 8.73. The molecule has 2 aliphatic rings. The van der Waals surface area contributed by atoms with E-state index in [4.69, 9.17) is 16.9 Å². The molecule has 1 unspecified atom stereocenters. The molecule has 1 aliphatic carbocycles. The Kier molecular flexibility index (Phi) is 4.93. The van der Waals surface area contributed by atoms with Gasteiger partial charge in [-0.05, 0) is 30.5 Å². The van der Waals surface area contributed by atoms with Crippen LogP contribution in [0.25, 0.3) is 0 Å². The maximum atomic E-state index is 11.6. The molecule has 0 aromatic heterocycles. The van der Waals surface area contributed by atoms with Gasteiger partial charge in [-0.1, -0.05) is 18.6 Å². The molecule has 1 saturated heterocycles. The third kappa shape index (κ3) is 2.83. The van der Waals surface area contributed by atoms with Crippen LogP contribution in [0.5, 0.6) is 0 Å². The number of hydrogen-bond donors (Lipinski definition) is 1. The van der Waals surface area contributed by atoms with E-state index in [1.807, 2.05) is 12.1 Å². The van der Waals surface area contributed by atoms with E-state index in [-0.39, 0.29) is 11.5 Å². The Bertz CT molecular complexity index is 635. The number of nitrogens with two attached hydrogens (primary N) is 1. The highest BCUT2D eigenvalue weighted by Crippen LogP contribution is 2.51. The number of terminal acetylenes is 1. The summed E-state index contributed by atoms with van der Waals surface area (Å²) in [5, 5.41) is 0. The Hall–Kier alpha value is -1.83. The highest BCUT2D eigenvalue weighted by atomic mass is 16.5. The van der Waals surface area contributed by atoms with Gasteiger partial charge in [0.05, 0.1) is 0 Å². The van der Waals surface area contributed by atoms with Crippen molar-refractivity contribution in [2.45, 2.75) is 31.3 Å². The summed E-state index contributed by atoms with van der Waals surface area (Å²) in [5.74, 6) is 3.18. The van der Waals surface area contributed by atoms with Gasteiger partial charge in [-0.25, -0.2) is 0 Å². The first-order chi connectivity index (χ1) is 11.6. The van der Waals surface area contributed by atoms with Crippen LogP contribution < -0.4 is 5.73 Å². The molecule has 1 amide bonds. The number of ether oxygens (including phenoxy) is 1. The number of nitrogens with zero attached hydrogens (tertiary/aromatic N) is 1. The predicted molar refractivity (Wildman–Crippen MR) is 94.4 cm³/mol. The highest BCUT2D eigenvalue weighted by molar-refractivity contribution is 5.92. The molecule has 1 aliphatic heterocycles. The Morgan fingerprint density at radius 2 is 2.12 bits per heavy atom. The summed E-state index contributed by atoms with van der Waals surface area (Å²) in [4.78, 5) is 14.1. The van der Waals surface area contributed by atoms with Gasteiger partial charge in [-0.3, -0.25) is 4.79 Å². The van der Waals surface area contributed by atoms with Gasteiger partial charge in [0.1, 0.15) is 5.60 Å². The van der Waals surface area contributed by atoms with Crippen LogP contribution in [0, 0.1) is 24.2 Å². The SMILES string of the molecule is C#CCCN1C[C@H]2CCC[C@@H](C1)C2(OC)c1cccc(C(N)=O)c1. The van der Waals surface area contributed by atoms with Crippen LogP contribution in [0.4, 0.5) is 0 Å². The fraction of sp³-hybridized carbons (Fsp3) is 0.550. The van der Waals surface area contributed by atoms with Crippen molar-refractivity contribution in [2.75, 3.05) is 26.7 Å². The largest absolute Gasteiger partial charge is 0.373 e. The second kappa shape index (κ2) is 6.96. The van der Waals surface area contributed by atoms with E-state index in [1.165, 1.54) is 6.42 Å². The maximum absolute atomic E-state index is 11.6. The van der Waals surface area contributed by atoms with Gasteiger partial charge in [-0.2, -0.15) is 0 Å². The summed E-state index contributed by atoms with van der Waals surface area (Å²) in [6.45, 7) is 2.93. The summed E-state index contributed by atoms with van der Waals surface area (Å²) in [5.41, 5.74) is 6.80. The van der Waals surface area contributed by atoms with Crippen LogP contribution in [-0.2, 0) is 10.3 Å². The molecule has 1 heterocycles. The van der Waals surface area contributed by atoms with E-state index in [1.54, 1.807) is 13.2 Å². The topological polar surface area (TPSA) is 55.6 Å². The lowest BCUT2D eigenvalue weighted by molar-refractivity contribution is -0.168. The van der Waals surface area contributed by atoms with Gasteiger partial charge in [-0.15, -0.1) is 12.3 Å². The number of methoxy groups -OCH3 is 1. The average molecular weight is 326 g/mol. The number of primary amides is 1. The standard InChI is InChI=1S/C20H26N2O2/c1-3-4-11-22-13-17-9-6-10-18(14-22)20(17,24-2)16-8-5-7-15(12-16)19(21)23/h1,5,7-8,12,17-18H,4,6,9-11,13-14H2,2H3,(H2,21,23)/t17-,18+,20?. The lowest BCUT2D eigenvalue weighted by Gasteiger charge is -2.55. The molecule has 4 heteroatoms. The monoisotopic (exact) mass is 326 g/mol. The van der Waals surface area contributed by atoms with Crippen molar-refractivity contribution in [3.63, 3.8) is 0 Å². The minimum atomic E-state index is -0.389. The van der Waals surface area contributed by atoms with Gasteiger partial charge in [0.2, 0.25) is 5.91 Å². The van der Waals surface area contributed by atoms with Crippen LogP contribution in [0.3, 0.4) is 0 Å². The number of carbonyl (C=O) groups excluding carboxylic acids is 1. The Morgan fingerprint density at radius 1 is 1.42 bits per heavy atom. The first kappa shape index (κ1) is 17.0. The number of carbonyl (C=O) groups is 1. The quantitative estimate of drug-likeness (QED) is 0.845. The number of rotatable bonds is 5. The van der Waals surface area contributed by atoms with E-state index in [2.05, 4.69) is 16.9 Å². The number of likely N-dealkylation sites (tertiary alicyclic amines) is 1. The van der Waals surface area contributed by atoms with E-state index in [0.29, 0.717) is 17.4 Å².